The maximum atomic E-state index is 11.1. The zero-order chi connectivity index (χ0) is 12.1. The van der Waals surface area contributed by atoms with Gasteiger partial charge in [-0.1, -0.05) is 13.8 Å². The van der Waals surface area contributed by atoms with Crippen molar-refractivity contribution in [3.63, 3.8) is 0 Å². The number of carboxylic acid groups (broad SMARTS) is 2. The second kappa shape index (κ2) is 5.70. The summed E-state index contributed by atoms with van der Waals surface area (Å²) in [6.45, 7) is 3.35. The highest BCUT2D eigenvalue weighted by atomic mass is 16.4. The molecule has 0 rings (SSSR count). The summed E-state index contributed by atoms with van der Waals surface area (Å²) in [6.07, 6.45) is -0.205. The molecule has 15 heavy (non-hydrogen) atoms. The van der Waals surface area contributed by atoms with Crippen LogP contribution in [-0.4, -0.2) is 33.9 Å². The number of aliphatic hydroxyl groups excluding tert-OH is 1. The van der Waals surface area contributed by atoms with Gasteiger partial charge in [0.15, 0.2) is 0 Å². The molecule has 0 aliphatic carbocycles. The summed E-state index contributed by atoms with van der Waals surface area (Å²) in [6, 6.07) is 0. The molecule has 0 unspecified atom stereocenters. The Morgan fingerprint density at radius 3 is 2.07 bits per heavy atom. The smallest absolute Gasteiger partial charge is 0.310 e. The van der Waals surface area contributed by atoms with Gasteiger partial charge in [-0.25, -0.2) is 0 Å². The SMILES string of the molecule is CC(C)C[C@@](CCO)(CC(=O)O)C(=O)O. The molecule has 0 radical (unpaired) electrons. The molecule has 0 bridgehead atoms. The fourth-order valence-corrected chi connectivity index (χ4v) is 1.82. The van der Waals surface area contributed by atoms with Gasteiger partial charge in [-0.05, 0) is 18.8 Å². The van der Waals surface area contributed by atoms with Gasteiger partial charge >= 0.3 is 11.9 Å². The molecule has 0 aromatic rings. The average molecular weight is 218 g/mol. The lowest BCUT2D eigenvalue weighted by atomic mass is 9.75. The molecular weight excluding hydrogens is 200 g/mol. The Bertz CT molecular complexity index is 236. The van der Waals surface area contributed by atoms with Crippen LogP contribution in [0.1, 0.15) is 33.1 Å². The summed E-state index contributed by atoms with van der Waals surface area (Å²) in [5.41, 5.74) is -1.34. The van der Waals surface area contributed by atoms with Gasteiger partial charge < -0.3 is 15.3 Å². The number of hydrogen-bond acceptors (Lipinski definition) is 3. The molecule has 0 aliphatic rings. The van der Waals surface area contributed by atoms with Crippen molar-refractivity contribution < 1.29 is 24.9 Å². The third-order valence-electron chi connectivity index (χ3n) is 2.33. The minimum absolute atomic E-state index is 0.0210. The van der Waals surface area contributed by atoms with E-state index in [9.17, 15) is 9.59 Å². The predicted octanol–water partition coefficient (Wildman–Crippen LogP) is 0.961. The van der Waals surface area contributed by atoms with E-state index in [4.69, 9.17) is 15.3 Å². The van der Waals surface area contributed by atoms with Crippen molar-refractivity contribution in [2.45, 2.75) is 33.1 Å². The zero-order valence-electron chi connectivity index (χ0n) is 9.06. The fraction of sp³-hybridized carbons (Fsp3) is 0.800. The topological polar surface area (TPSA) is 94.8 Å². The molecule has 0 heterocycles. The van der Waals surface area contributed by atoms with Gasteiger partial charge in [0, 0.05) is 6.61 Å². The number of carboxylic acids is 2. The largest absolute Gasteiger partial charge is 0.481 e. The third kappa shape index (κ3) is 4.29. The summed E-state index contributed by atoms with van der Waals surface area (Å²) in [4.78, 5) is 21.7. The van der Waals surface area contributed by atoms with Crippen LogP contribution >= 0.6 is 0 Å². The Balaban J connectivity index is 4.88. The van der Waals surface area contributed by atoms with E-state index in [-0.39, 0.29) is 25.4 Å². The number of hydrogen-bond donors (Lipinski definition) is 3. The van der Waals surface area contributed by atoms with Crippen molar-refractivity contribution >= 4 is 11.9 Å². The lowest BCUT2D eigenvalue weighted by molar-refractivity contribution is -0.158. The highest BCUT2D eigenvalue weighted by molar-refractivity contribution is 5.81. The Morgan fingerprint density at radius 1 is 1.27 bits per heavy atom. The first-order valence-corrected chi connectivity index (χ1v) is 4.90. The van der Waals surface area contributed by atoms with E-state index in [2.05, 4.69) is 0 Å². The van der Waals surface area contributed by atoms with Gasteiger partial charge in [0.25, 0.3) is 0 Å². The molecule has 0 amide bonds. The van der Waals surface area contributed by atoms with Crippen molar-refractivity contribution in [2.24, 2.45) is 11.3 Å². The van der Waals surface area contributed by atoms with Gasteiger partial charge in [0.1, 0.15) is 0 Å². The highest BCUT2D eigenvalue weighted by Gasteiger charge is 2.40. The van der Waals surface area contributed by atoms with E-state index in [0.717, 1.165) is 0 Å². The quantitative estimate of drug-likeness (QED) is 0.591. The molecule has 88 valence electrons. The van der Waals surface area contributed by atoms with Gasteiger partial charge in [0.2, 0.25) is 0 Å². The summed E-state index contributed by atoms with van der Waals surface area (Å²) in [5, 5.41) is 26.6. The maximum absolute atomic E-state index is 11.1. The van der Waals surface area contributed by atoms with E-state index >= 15 is 0 Å². The minimum Gasteiger partial charge on any atom is -0.481 e. The standard InChI is InChI=1S/C10H18O5/c1-7(2)5-10(3-4-11,9(14)15)6-8(12)13/h7,11H,3-6H2,1-2H3,(H,12,13)(H,14,15)/t10-/m0/s1. The van der Waals surface area contributed by atoms with Crippen LogP contribution < -0.4 is 0 Å². The second-order valence-corrected chi connectivity index (χ2v) is 4.23. The number of carbonyl (C=O) groups is 2. The molecule has 0 saturated heterocycles. The maximum Gasteiger partial charge on any atom is 0.310 e. The summed E-state index contributed by atoms with van der Waals surface area (Å²) >= 11 is 0. The average Bonchev–Trinajstić information content (AvgIpc) is 2.01. The predicted molar refractivity (Wildman–Crippen MR) is 53.5 cm³/mol. The Labute approximate surface area is 88.7 Å². The molecule has 0 aromatic heterocycles. The molecule has 1 atom stereocenters. The monoisotopic (exact) mass is 218 g/mol. The number of aliphatic hydroxyl groups is 1. The molecule has 0 saturated carbocycles. The van der Waals surface area contributed by atoms with Crippen molar-refractivity contribution in [3.8, 4) is 0 Å². The van der Waals surface area contributed by atoms with Crippen molar-refractivity contribution in [1.82, 2.24) is 0 Å². The Hall–Kier alpha value is -1.10. The fourth-order valence-electron chi connectivity index (χ4n) is 1.82. The van der Waals surface area contributed by atoms with Crippen LogP contribution in [0, 0.1) is 11.3 Å². The molecule has 0 aromatic carbocycles. The van der Waals surface area contributed by atoms with E-state index < -0.39 is 23.8 Å². The van der Waals surface area contributed by atoms with Crippen molar-refractivity contribution in [2.75, 3.05) is 6.61 Å². The summed E-state index contributed by atoms with van der Waals surface area (Å²) < 4.78 is 0. The third-order valence-corrected chi connectivity index (χ3v) is 2.33. The molecular formula is C10H18O5. The Kier molecular flexibility index (Phi) is 5.28. The van der Waals surface area contributed by atoms with Crippen LogP contribution in [0.4, 0.5) is 0 Å². The minimum atomic E-state index is -1.34. The summed E-state index contributed by atoms with van der Waals surface area (Å²) in [7, 11) is 0. The number of rotatable bonds is 7. The zero-order valence-corrected chi connectivity index (χ0v) is 9.06. The second-order valence-electron chi connectivity index (χ2n) is 4.23. The molecule has 5 nitrogen and oxygen atoms in total. The molecule has 3 N–H and O–H groups in total. The van der Waals surface area contributed by atoms with Crippen LogP contribution in [-0.2, 0) is 9.59 Å². The van der Waals surface area contributed by atoms with Crippen molar-refractivity contribution in [1.29, 1.82) is 0 Å². The Morgan fingerprint density at radius 2 is 1.80 bits per heavy atom. The number of aliphatic carboxylic acids is 2. The molecule has 0 aliphatic heterocycles. The van der Waals surface area contributed by atoms with Crippen LogP contribution in [0.25, 0.3) is 0 Å². The molecule has 0 spiro atoms. The van der Waals surface area contributed by atoms with Crippen LogP contribution in [0.2, 0.25) is 0 Å². The van der Waals surface area contributed by atoms with Crippen LogP contribution in [0.3, 0.4) is 0 Å². The van der Waals surface area contributed by atoms with Gasteiger partial charge in [-0.3, -0.25) is 9.59 Å². The lowest BCUT2D eigenvalue weighted by Gasteiger charge is -2.28. The van der Waals surface area contributed by atoms with Crippen molar-refractivity contribution in [3.05, 3.63) is 0 Å². The van der Waals surface area contributed by atoms with E-state index in [1.54, 1.807) is 0 Å². The highest BCUT2D eigenvalue weighted by Crippen LogP contribution is 2.34. The van der Waals surface area contributed by atoms with Gasteiger partial charge in [-0.15, -0.1) is 0 Å². The summed E-state index contributed by atoms with van der Waals surface area (Å²) in [5.74, 6) is -2.22. The first-order valence-electron chi connectivity index (χ1n) is 4.90. The van der Waals surface area contributed by atoms with Gasteiger partial charge in [0.05, 0.1) is 11.8 Å². The van der Waals surface area contributed by atoms with E-state index in [1.807, 2.05) is 13.8 Å². The van der Waals surface area contributed by atoms with Crippen LogP contribution in [0.5, 0.6) is 0 Å². The van der Waals surface area contributed by atoms with E-state index in [1.165, 1.54) is 0 Å². The van der Waals surface area contributed by atoms with Crippen LogP contribution in [0.15, 0.2) is 0 Å². The first kappa shape index (κ1) is 13.9. The van der Waals surface area contributed by atoms with Gasteiger partial charge in [-0.2, -0.15) is 0 Å². The lowest BCUT2D eigenvalue weighted by Crippen LogP contribution is -2.36. The van der Waals surface area contributed by atoms with E-state index in [0.29, 0.717) is 0 Å². The normalized spacial score (nSPS) is 14.9. The molecule has 0 fully saturated rings. The molecule has 5 heteroatoms. The first-order chi connectivity index (χ1) is 6.84.